The molecule has 1 heterocycles. The number of ether oxygens (including phenoxy) is 1. The summed E-state index contributed by atoms with van der Waals surface area (Å²) in [4.78, 5) is 4.46. The lowest BCUT2D eigenvalue weighted by atomic mass is 10.1. The van der Waals surface area contributed by atoms with E-state index in [1.54, 1.807) is 7.11 Å². The number of hydrogen-bond donors (Lipinski definition) is 3. The highest BCUT2D eigenvalue weighted by Crippen LogP contribution is 2.25. The van der Waals surface area contributed by atoms with Gasteiger partial charge in [0.1, 0.15) is 0 Å². The normalized spacial score (nSPS) is 12.6. The molecule has 0 fully saturated rings. The SMILES string of the molecule is COCC(O)CNc1cc(C)nc2ccc(N)cc12. The van der Waals surface area contributed by atoms with Crippen molar-refractivity contribution in [1.29, 1.82) is 0 Å². The molecular weight excluding hydrogens is 242 g/mol. The van der Waals surface area contributed by atoms with E-state index in [4.69, 9.17) is 10.5 Å². The Kier molecular flexibility index (Phi) is 4.19. The van der Waals surface area contributed by atoms with Gasteiger partial charge in [0.25, 0.3) is 0 Å². The summed E-state index contributed by atoms with van der Waals surface area (Å²) in [6, 6.07) is 7.56. The van der Waals surface area contributed by atoms with Crippen LogP contribution in [0, 0.1) is 6.92 Å². The molecule has 0 saturated heterocycles. The number of anilines is 2. The van der Waals surface area contributed by atoms with Crippen LogP contribution in [0.1, 0.15) is 5.69 Å². The zero-order valence-electron chi connectivity index (χ0n) is 11.2. The number of nitrogens with zero attached hydrogens (tertiary/aromatic N) is 1. The lowest BCUT2D eigenvalue weighted by molar-refractivity contribution is 0.0728. The van der Waals surface area contributed by atoms with Crippen LogP contribution in [0.5, 0.6) is 0 Å². The summed E-state index contributed by atoms with van der Waals surface area (Å²) in [5, 5.41) is 13.8. The van der Waals surface area contributed by atoms with Gasteiger partial charge in [-0.25, -0.2) is 0 Å². The molecule has 4 N–H and O–H groups in total. The van der Waals surface area contributed by atoms with Crippen LogP contribution in [0.4, 0.5) is 11.4 Å². The highest BCUT2D eigenvalue weighted by molar-refractivity contribution is 5.93. The minimum absolute atomic E-state index is 0.303. The van der Waals surface area contributed by atoms with Gasteiger partial charge in [-0.15, -0.1) is 0 Å². The third-order valence-electron chi connectivity index (χ3n) is 2.85. The van der Waals surface area contributed by atoms with Crippen LogP contribution in [-0.2, 0) is 4.74 Å². The largest absolute Gasteiger partial charge is 0.399 e. The number of fused-ring (bicyclic) bond motifs is 1. The van der Waals surface area contributed by atoms with Gasteiger partial charge in [0, 0.05) is 36.1 Å². The average molecular weight is 261 g/mol. The highest BCUT2D eigenvalue weighted by atomic mass is 16.5. The quantitative estimate of drug-likeness (QED) is 0.711. The minimum Gasteiger partial charge on any atom is -0.399 e. The number of nitrogens with one attached hydrogen (secondary N) is 1. The van der Waals surface area contributed by atoms with Crippen LogP contribution in [0.2, 0.25) is 0 Å². The van der Waals surface area contributed by atoms with Crippen molar-refractivity contribution in [3.63, 3.8) is 0 Å². The maximum Gasteiger partial charge on any atom is 0.0945 e. The van der Waals surface area contributed by atoms with Crippen molar-refractivity contribution in [2.75, 3.05) is 31.3 Å². The Hall–Kier alpha value is -1.85. The van der Waals surface area contributed by atoms with Gasteiger partial charge in [-0.1, -0.05) is 0 Å². The third kappa shape index (κ3) is 3.33. The summed E-state index contributed by atoms with van der Waals surface area (Å²) in [7, 11) is 1.57. The Balaban J connectivity index is 2.28. The number of aromatic nitrogens is 1. The fourth-order valence-corrected chi connectivity index (χ4v) is 2.00. The Labute approximate surface area is 112 Å². The molecule has 2 aromatic rings. The molecule has 1 unspecified atom stereocenters. The van der Waals surface area contributed by atoms with E-state index in [9.17, 15) is 5.11 Å². The molecule has 5 heteroatoms. The summed E-state index contributed by atoms with van der Waals surface area (Å²) in [6.07, 6.45) is -0.547. The first kappa shape index (κ1) is 13.6. The molecule has 0 aliphatic carbocycles. The predicted octanol–water partition coefficient (Wildman–Crippen LogP) is 1.54. The molecule has 0 aliphatic rings. The first-order valence-electron chi connectivity index (χ1n) is 6.18. The first-order chi connectivity index (χ1) is 9.10. The topological polar surface area (TPSA) is 80.4 Å². The van der Waals surface area contributed by atoms with Crippen LogP contribution >= 0.6 is 0 Å². The van der Waals surface area contributed by atoms with E-state index in [-0.39, 0.29) is 0 Å². The molecule has 0 radical (unpaired) electrons. The van der Waals surface area contributed by atoms with Crippen molar-refractivity contribution in [3.05, 3.63) is 30.0 Å². The summed E-state index contributed by atoms with van der Waals surface area (Å²) < 4.78 is 4.90. The summed E-state index contributed by atoms with van der Waals surface area (Å²) >= 11 is 0. The molecular formula is C14H19N3O2. The molecule has 19 heavy (non-hydrogen) atoms. The molecule has 0 saturated carbocycles. The average Bonchev–Trinajstić information content (AvgIpc) is 2.37. The lowest BCUT2D eigenvalue weighted by Gasteiger charge is -2.14. The lowest BCUT2D eigenvalue weighted by Crippen LogP contribution is -2.24. The summed E-state index contributed by atoms with van der Waals surface area (Å²) in [5.41, 5.74) is 9.23. The van der Waals surface area contributed by atoms with Gasteiger partial charge >= 0.3 is 0 Å². The van der Waals surface area contributed by atoms with Crippen molar-refractivity contribution in [3.8, 4) is 0 Å². The van der Waals surface area contributed by atoms with Crippen LogP contribution in [-0.4, -0.2) is 36.5 Å². The van der Waals surface area contributed by atoms with E-state index < -0.39 is 6.10 Å². The van der Waals surface area contributed by atoms with Crippen LogP contribution < -0.4 is 11.1 Å². The zero-order valence-corrected chi connectivity index (χ0v) is 11.2. The number of nitrogen functional groups attached to an aromatic ring is 1. The predicted molar refractivity (Wildman–Crippen MR) is 77.3 cm³/mol. The van der Waals surface area contributed by atoms with Gasteiger partial charge in [0.05, 0.1) is 18.2 Å². The van der Waals surface area contributed by atoms with Crippen molar-refractivity contribution in [2.24, 2.45) is 0 Å². The molecule has 1 atom stereocenters. The second kappa shape index (κ2) is 5.86. The number of hydrogen-bond acceptors (Lipinski definition) is 5. The Bertz CT molecular complexity index is 572. The molecule has 1 aromatic carbocycles. The molecule has 0 amide bonds. The van der Waals surface area contributed by atoms with Crippen LogP contribution in [0.3, 0.4) is 0 Å². The number of nitrogens with two attached hydrogens (primary N) is 1. The molecule has 0 aliphatic heterocycles. The maximum atomic E-state index is 9.68. The van der Waals surface area contributed by atoms with Crippen LogP contribution in [0.15, 0.2) is 24.3 Å². The maximum absolute atomic E-state index is 9.68. The summed E-state index contributed by atoms with van der Waals surface area (Å²) in [5.74, 6) is 0. The molecule has 1 aromatic heterocycles. The molecule has 5 nitrogen and oxygen atoms in total. The van der Waals surface area contributed by atoms with Gasteiger partial charge in [-0.05, 0) is 31.2 Å². The van der Waals surface area contributed by atoms with Gasteiger partial charge in [-0.2, -0.15) is 0 Å². The van der Waals surface area contributed by atoms with E-state index >= 15 is 0 Å². The molecule has 0 bridgehead atoms. The third-order valence-corrected chi connectivity index (χ3v) is 2.85. The molecule has 102 valence electrons. The molecule has 2 rings (SSSR count). The van der Waals surface area contributed by atoms with Crippen molar-refractivity contribution in [1.82, 2.24) is 4.98 Å². The van der Waals surface area contributed by atoms with Gasteiger partial charge in [-0.3, -0.25) is 4.98 Å². The smallest absolute Gasteiger partial charge is 0.0945 e. The number of aliphatic hydroxyl groups is 1. The van der Waals surface area contributed by atoms with E-state index in [1.165, 1.54) is 0 Å². The first-order valence-corrected chi connectivity index (χ1v) is 6.18. The van der Waals surface area contributed by atoms with Crippen LogP contribution in [0.25, 0.3) is 10.9 Å². The second-order valence-electron chi connectivity index (χ2n) is 4.58. The number of rotatable bonds is 5. The number of methoxy groups -OCH3 is 1. The Morgan fingerprint density at radius 2 is 2.21 bits per heavy atom. The number of aryl methyl sites for hydroxylation is 1. The second-order valence-corrected chi connectivity index (χ2v) is 4.58. The zero-order chi connectivity index (χ0) is 13.8. The van der Waals surface area contributed by atoms with Crippen molar-refractivity contribution < 1.29 is 9.84 Å². The van der Waals surface area contributed by atoms with E-state index in [1.807, 2.05) is 31.2 Å². The van der Waals surface area contributed by atoms with Crippen molar-refractivity contribution in [2.45, 2.75) is 13.0 Å². The number of benzene rings is 1. The van der Waals surface area contributed by atoms with Gasteiger partial charge in [0.15, 0.2) is 0 Å². The van der Waals surface area contributed by atoms with E-state index in [0.29, 0.717) is 18.8 Å². The van der Waals surface area contributed by atoms with E-state index in [0.717, 1.165) is 22.3 Å². The van der Waals surface area contributed by atoms with Crippen molar-refractivity contribution >= 4 is 22.3 Å². The monoisotopic (exact) mass is 261 g/mol. The number of pyridine rings is 1. The Morgan fingerprint density at radius 1 is 1.42 bits per heavy atom. The fraction of sp³-hybridized carbons (Fsp3) is 0.357. The van der Waals surface area contributed by atoms with E-state index in [2.05, 4.69) is 10.3 Å². The Morgan fingerprint density at radius 3 is 2.95 bits per heavy atom. The summed E-state index contributed by atoms with van der Waals surface area (Å²) in [6.45, 7) is 2.66. The highest BCUT2D eigenvalue weighted by Gasteiger charge is 2.07. The standard InChI is InChI=1S/C14H19N3O2/c1-9-5-14(16-7-11(18)8-19-2)12-6-10(15)3-4-13(12)17-9/h3-6,11,18H,7-8,15H2,1-2H3,(H,16,17). The van der Waals surface area contributed by atoms with Gasteiger partial charge < -0.3 is 20.9 Å². The molecule has 0 spiro atoms. The number of aliphatic hydroxyl groups excluding tert-OH is 1. The fourth-order valence-electron chi connectivity index (χ4n) is 2.00. The minimum atomic E-state index is -0.547. The van der Waals surface area contributed by atoms with Gasteiger partial charge in [0.2, 0.25) is 0 Å².